The number of hydrogen-bond acceptors (Lipinski definition) is 2. The Hall–Kier alpha value is -2.74. The molecule has 0 heterocycles. The van der Waals surface area contributed by atoms with Crippen LogP contribution < -0.4 is 4.74 Å². The third-order valence-electron chi connectivity index (χ3n) is 5.75. The number of benzene rings is 3. The van der Waals surface area contributed by atoms with Crippen molar-refractivity contribution in [2.45, 2.75) is 38.5 Å². The van der Waals surface area contributed by atoms with E-state index in [0.717, 1.165) is 17.7 Å². The first kappa shape index (κ1) is 17.7. The maximum atomic E-state index is 10.0. The smallest absolute Gasteiger partial charge is 0.118 e. The van der Waals surface area contributed by atoms with Gasteiger partial charge in [-0.3, -0.25) is 0 Å². The molecule has 2 nitrogen and oxygen atoms in total. The van der Waals surface area contributed by atoms with Gasteiger partial charge in [0.05, 0.1) is 7.11 Å². The van der Waals surface area contributed by atoms with Crippen LogP contribution in [-0.4, -0.2) is 12.2 Å². The molecule has 4 rings (SSSR count). The average Bonchev–Trinajstić information content (AvgIpc) is 2.71. The second-order valence-corrected chi connectivity index (χ2v) is 7.44. The first-order valence-electron chi connectivity index (χ1n) is 9.71. The minimum Gasteiger partial charge on any atom is -0.508 e. The van der Waals surface area contributed by atoms with Gasteiger partial charge in [-0.15, -0.1) is 0 Å². The summed E-state index contributed by atoms with van der Waals surface area (Å²) in [4.78, 5) is 0. The normalized spacial score (nSPS) is 14.4. The Labute approximate surface area is 161 Å². The van der Waals surface area contributed by atoms with Crippen LogP contribution >= 0.6 is 0 Å². The van der Waals surface area contributed by atoms with Gasteiger partial charge < -0.3 is 9.84 Å². The van der Waals surface area contributed by atoms with E-state index < -0.39 is 0 Å². The first-order valence-corrected chi connectivity index (χ1v) is 9.71. The van der Waals surface area contributed by atoms with Crippen molar-refractivity contribution in [3.8, 4) is 11.5 Å². The van der Waals surface area contributed by atoms with Gasteiger partial charge in [0.15, 0.2) is 0 Å². The summed E-state index contributed by atoms with van der Waals surface area (Å²) < 4.78 is 5.35. The molecule has 1 aliphatic carbocycles. The summed E-state index contributed by atoms with van der Waals surface area (Å²) >= 11 is 0. The van der Waals surface area contributed by atoms with Gasteiger partial charge >= 0.3 is 0 Å². The second kappa shape index (κ2) is 7.48. The van der Waals surface area contributed by atoms with Crippen molar-refractivity contribution >= 4 is 0 Å². The minimum absolute atomic E-state index is 0.156. The van der Waals surface area contributed by atoms with E-state index >= 15 is 0 Å². The summed E-state index contributed by atoms with van der Waals surface area (Å²) in [6, 6.07) is 21.1. The van der Waals surface area contributed by atoms with Crippen LogP contribution in [-0.2, 0) is 12.8 Å². The summed E-state index contributed by atoms with van der Waals surface area (Å²) in [6.45, 7) is 1.96. The van der Waals surface area contributed by atoms with E-state index in [1.54, 1.807) is 7.11 Å². The molecule has 0 radical (unpaired) electrons. The van der Waals surface area contributed by atoms with Crippen molar-refractivity contribution < 1.29 is 9.84 Å². The van der Waals surface area contributed by atoms with Gasteiger partial charge in [0, 0.05) is 5.92 Å². The molecule has 27 heavy (non-hydrogen) atoms. The predicted molar refractivity (Wildman–Crippen MR) is 110 cm³/mol. The molecule has 0 spiro atoms. The molecule has 0 fully saturated rings. The highest BCUT2D eigenvalue weighted by Crippen LogP contribution is 2.39. The largest absolute Gasteiger partial charge is 0.508 e. The van der Waals surface area contributed by atoms with E-state index in [-0.39, 0.29) is 5.92 Å². The highest BCUT2D eigenvalue weighted by atomic mass is 16.5. The molecule has 0 saturated carbocycles. The first-order chi connectivity index (χ1) is 13.2. The number of aryl methyl sites for hydroxylation is 2. The Morgan fingerprint density at radius 2 is 1.63 bits per heavy atom. The summed E-state index contributed by atoms with van der Waals surface area (Å²) in [5.74, 6) is 1.38. The molecule has 0 aliphatic heterocycles. The highest BCUT2D eigenvalue weighted by molar-refractivity contribution is 5.51. The highest BCUT2D eigenvalue weighted by Gasteiger charge is 2.23. The lowest BCUT2D eigenvalue weighted by molar-refractivity contribution is 0.414. The molecule has 0 bridgehead atoms. The molecule has 0 saturated heterocycles. The van der Waals surface area contributed by atoms with Gasteiger partial charge in [-0.05, 0) is 84.2 Å². The Morgan fingerprint density at radius 3 is 2.37 bits per heavy atom. The van der Waals surface area contributed by atoms with Crippen molar-refractivity contribution in [3.05, 3.63) is 94.0 Å². The molecule has 3 aromatic carbocycles. The van der Waals surface area contributed by atoms with Crippen LogP contribution in [0.3, 0.4) is 0 Å². The molecule has 0 amide bonds. The van der Waals surface area contributed by atoms with E-state index in [1.165, 1.54) is 47.1 Å². The van der Waals surface area contributed by atoms with Gasteiger partial charge in [-0.2, -0.15) is 0 Å². The van der Waals surface area contributed by atoms with Crippen LogP contribution in [0.15, 0.2) is 60.7 Å². The predicted octanol–water partition coefficient (Wildman–Crippen LogP) is 5.77. The number of aromatic hydroxyl groups is 1. The van der Waals surface area contributed by atoms with E-state index in [0.29, 0.717) is 5.75 Å². The number of methoxy groups -OCH3 is 1. The summed E-state index contributed by atoms with van der Waals surface area (Å²) in [6.07, 6.45) is 4.86. The standard InChI is InChI=1S/C25H26O2/c1-17-16-20(12-15-24(17)26)25(19-10-13-21(27-2)14-11-19)23-9-5-7-18-6-3-4-8-22(18)23/h5,7,9-16,25-26H,3-4,6,8H2,1-2H3. The summed E-state index contributed by atoms with van der Waals surface area (Å²) in [7, 11) is 1.70. The van der Waals surface area contributed by atoms with Crippen molar-refractivity contribution in [2.75, 3.05) is 7.11 Å². The SMILES string of the molecule is COc1ccc(C(c2ccc(O)c(C)c2)c2cccc3c2CCCC3)cc1. The fourth-order valence-corrected chi connectivity index (χ4v) is 4.29. The van der Waals surface area contributed by atoms with Crippen LogP contribution in [0.2, 0.25) is 0 Å². The number of phenolic OH excluding ortho intramolecular Hbond substituents is 1. The molecule has 138 valence electrons. The zero-order valence-electron chi connectivity index (χ0n) is 16.0. The maximum absolute atomic E-state index is 10.0. The van der Waals surface area contributed by atoms with Crippen LogP contribution in [0.25, 0.3) is 0 Å². The fraction of sp³-hybridized carbons (Fsp3) is 0.280. The van der Waals surface area contributed by atoms with E-state index in [1.807, 2.05) is 25.1 Å². The van der Waals surface area contributed by atoms with Gasteiger partial charge in [0.1, 0.15) is 11.5 Å². The number of hydrogen-bond donors (Lipinski definition) is 1. The molecular weight excluding hydrogens is 332 g/mol. The zero-order valence-corrected chi connectivity index (χ0v) is 16.0. The molecule has 1 aliphatic rings. The summed E-state index contributed by atoms with van der Waals surface area (Å²) in [5, 5.41) is 10.0. The number of ether oxygens (including phenoxy) is 1. The summed E-state index contributed by atoms with van der Waals surface area (Å²) in [5.41, 5.74) is 7.77. The Morgan fingerprint density at radius 1 is 0.889 bits per heavy atom. The van der Waals surface area contributed by atoms with Crippen LogP contribution in [0.5, 0.6) is 11.5 Å². The van der Waals surface area contributed by atoms with Crippen molar-refractivity contribution in [3.63, 3.8) is 0 Å². The van der Waals surface area contributed by atoms with Gasteiger partial charge in [0.2, 0.25) is 0 Å². The molecule has 1 N–H and O–H groups in total. The molecule has 0 aromatic heterocycles. The number of phenols is 1. The molecule has 1 unspecified atom stereocenters. The molecule has 2 heteroatoms. The number of fused-ring (bicyclic) bond motifs is 1. The fourth-order valence-electron chi connectivity index (χ4n) is 4.29. The van der Waals surface area contributed by atoms with Crippen LogP contribution in [0.4, 0.5) is 0 Å². The van der Waals surface area contributed by atoms with Crippen molar-refractivity contribution in [1.29, 1.82) is 0 Å². The average molecular weight is 358 g/mol. The van der Waals surface area contributed by atoms with Crippen LogP contribution in [0, 0.1) is 6.92 Å². The molecule has 1 atom stereocenters. The van der Waals surface area contributed by atoms with Crippen molar-refractivity contribution in [2.24, 2.45) is 0 Å². The lowest BCUT2D eigenvalue weighted by atomic mass is 9.78. The van der Waals surface area contributed by atoms with E-state index in [4.69, 9.17) is 4.74 Å². The second-order valence-electron chi connectivity index (χ2n) is 7.44. The maximum Gasteiger partial charge on any atom is 0.118 e. The monoisotopic (exact) mass is 358 g/mol. The van der Waals surface area contributed by atoms with E-state index in [9.17, 15) is 5.11 Å². The van der Waals surface area contributed by atoms with Crippen molar-refractivity contribution in [1.82, 2.24) is 0 Å². The zero-order chi connectivity index (χ0) is 18.8. The quantitative estimate of drug-likeness (QED) is 0.600. The van der Waals surface area contributed by atoms with E-state index in [2.05, 4.69) is 42.5 Å². The van der Waals surface area contributed by atoms with Gasteiger partial charge in [-0.25, -0.2) is 0 Å². The lowest BCUT2D eigenvalue weighted by Gasteiger charge is -2.26. The van der Waals surface area contributed by atoms with Gasteiger partial charge in [-0.1, -0.05) is 42.5 Å². The molecule has 3 aromatic rings. The lowest BCUT2D eigenvalue weighted by Crippen LogP contribution is -2.12. The number of rotatable bonds is 4. The Balaban J connectivity index is 1.89. The Kier molecular flexibility index (Phi) is 4.89. The third-order valence-corrected chi connectivity index (χ3v) is 5.75. The minimum atomic E-state index is 0.156. The molecular formula is C25H26O2. The van der Waals surface area contributed by atoms with Gasteiger partial charge in [0.25, 0.3) is 0 Å². The third kappa shape index (κ3) is 3.44. The Bertz CT molecular complexity index is 941. The topological polar surface area (TPSA) is 29.5 Å². The van der Waals surface area contributed by atoms with Crippen LogP contribution in [0.1, 0.15) is 52.1 Å².